The van der Waals surface area contributed by atoms with Gasteiger partial charge in [0.25, 0.3) is 5.91 Å². The Labute approximate surface area is 154 Å². The van der Waals surface area contributed by atoms with Crippen LogP contribution in [0.25, 0.3) is 11.1 Å². The van der Waals surface area contributed by atoms with Gasteiger partial charge < -0.3 is 11.1 Å². The van der Waals surface area contributed by atoms with Crippen LogP contribution < -0.4 is 11.1 Å². The second-order valence-corrected chi connectivity index (χ2v) is 6.34. The Balaban J connectivity index is 1.71. The summed E-state index contributed by atoms with van der Waals surface area (Å²) in [5.74, 6) is -0.0760. The molecule has 3 N–H and O–H groups in total. The van der Waals surface area contributed by atoms with Crippen molar-refractivity contribution in [2.24, 2.45) is 5.73 Å². The number of rotatable bonds is 7. The Morgan fingerprint density at radius 1 is 0.846 bits per heavy atom. The molecule has 3 rings (SSSR count). The number of amides is 1. The number of hydrogen-bond donors (Lipinski definition) is 2. The van der Waals surface area contributed by atoms with E-state index < -0.39 is 0 Å². The SMILES string of the molecule is NC[C@H](CCc1ccccc1)NC(=O)c1ccccc1-c1ccccc1. The van der Waals surface area contributed by atoms with Crippen molar-refractivity contribution in [2.75, 3.05) is 6.54 Å². The third-order valence-electron chi connectivity index (χ3n) is 4.50. The van der Waals surface area contributed by atoms with Gasteiger partial charge in [-0.3, -0.25) is 4.79 Å². The van der Waals surface area contributed by atoms with Crippen molar-refractivity contribution in [1.29, 1.82) is 0 Å². The van der Waals surface area contributed by atoms with Gasteiger partial charge in [0.05, 0.1) is 0 Å². The van der Waals surface area contributed by atoms with Gasteiger partial charge in [0, 0.05) is 18.2 Å². The Kier molecular flexibility index (Phi) is 6.18. The lowest BCUT2D eigenvalue weighted by atomic mass is 9.98. The lowest BCUT2D eigenvalue weighted by Crippen LogP contribution is -2.40. The van der Waals surface area contributed by atoms with Gasteiger partial charge in [0.2, 0.25) is 0 Å². The van der Waals surface area contributed by atoms with Gasteiger partial charge in [-0.05, 0) is 35.6 Å². The molecule has 3 heteroatoms. The van der Waals surface area contributed by atoms with Crippen LogP contribution in [0.15, 0.2) is 84.9 Å². The van der Waals surface area contributed by atoms with Crippen molar-refractivity contribution in [2.45, 2.75) is 18.9 Å². The summed E-state index contributed by atoms with van der Waals surface area (Å²) in [5.41, 5.74) is 9.80. The average Bonchev–Trinajstić information content (AvgIpc) is 2.72. The van der Waals surface area contributed by atoms with Gasteiger partial charge in [-0.2, -0.15) is 0 Å². The Morgan fingerprint density at radius 2 is 1.46 bits per heavy atom. The minimum atomic E-state index is -0.0760. The number of carbonyl (C=O) groups excluding carboxylic acids is 1. The fourth-order valence-electron chi connectivity index (χ4n) is 3.05. The summed E-state index contributed by atoms with van der Waals surface area (Å²) >= 11 is 0. The molecule has 0 heterocycles. The first-order valence-electron chi connectivity index (χ1n) is 8.97. The van der Waals surface area contributed by atoms with E-state index in [1.54, 1.807) is 0 Å². The molecule has 0 aliphatic heterocycles. The first-order valence-corrected chi connectivity index (χ1v) is 8.97. The number of benzene rings is 3. The van der Waals surface area contributed by atoms with Crippen molar-refractivity contribution < 1.29 is 4.79 Å². The summed E-state index contributed by atoms with van der Waals surface area (Å²) in [6, 6.07) is 27.9. The number of carbonyl (C=O) groups is 1. The van der Waals surface area contributed by atoms with Gasteiger partial charge in [0.15, 0.2) is 0 Å². The Morgan fingerprint density at radius 3 is 2.15 bits per heavy atom. The van der Waals surface area contributed by atoms with E-state index in [0.717, 1.165) is 24.0 Å². The normalized spacial score (nSPS) is 11.7. The predicted molar refractivity (Wildman–Crippen MR) is 107 cm³/mol. The molecule has 26 heavy (non-hydrogen) atoms. The molecule has 1 atom stereocenters. The fraction of sp³-hybridized carbons (Fsp3) is 0.174. The van der Waals surface area contributed by atoms with Crippen molar-refractivity contribution in [3.8, 4) is 11.1 Å². The molecule has 132 valence electrons. The van der Waals surface area contributed by atoms with Crippen LogP contribution in [0.5, 0.6) is 0 Å². The highest BCUT2D eigenvalue weighted by atomic mass is 16.1. The molecule has 0 aromatic heterocycles. The van der Waals surface area contributed by atoms with E-state index in [4.69, 9.17) is 5.73 Å². The first-order chi connectivity index (χ1) is 12.8. The summed E-state index contributed by atoms with van der Waals surface area (Å²) in [4.78, 5) is 12.9. The average molecular weight is 344 g/mol. The van der Waals surface area contributed by atoms with Crippen molar-refractivity contribution >= 4 is 5.91 Å². The third-order valence-corrected chi connectivity index (χ3v) is 4.50. The Hall–Kier alpha value is -2.91. The van der Waals surface area contributed by atoms with Crippen LogP contribution in [0.1, 0.15) is 22.3 Å². The van der Waals surface area contributed by atoms with E-state index >= 15 is 0 Å². The van der Waals surface area contributed by atoms with E-state index in [1.165, 1.54) is 5.56 Å². The molecule has 1 amide bonds. The summed E-state index contributed by atoms with van der Waals surface area (Å²) in [6.07, 6.45) is 1.71. The lowest BCUT2D eigenvalue weighted by Gasteiger charge is -2.18. The summed E-state index contributed by atoms with van der Waals surface area (Å²) in [5, 5.41) is 3.10. The molecule has 3 aromatic rings. The minimum absolute atomic E-state index is 0.0495. The molecular formula is C23H24N2O. The predicted octanol–water partition coefficient (Wildman–Crippen LogP) is 4.04. The van der Waals surface area contributed by atoms with Crippen LogP contribution in [0.2, 0.25) is 0 Å². The molecule has 0 bridgehead atoms. The molecule has 0 saturated carbocycles. The molecule has 0 radical (unpaired) electrons. The molecule has 3 aromatic carbocycles. The topological polar surface area (TPSA) is 55.1 Å². The molecule has 0 spiro atoms. The number of nitrogens with one attached hydrogen (secondary N) is 1. The van der Waals surface area contributed by atoms with Crippen LogP contribution in [-0.2, 0) is 6.42 Å². The van der Waals surface area contributed by atoms with Crippen LogP contribution in [0, 0.1) is 0 Å². The molecule has 0 aliphatic rings. The highest BCUT2D eigenvalue weighted by Crippen LogP contribution is 2.23. The fourth-order valence-corrected chi connectivity index (χ4v) is 3.05. The molecule has 0 aliphatic carbocycles. The largest absolute Gasteiger partial charge is 0.348 e. The zero-order valence-corrected chi connectivity index (χ0v) is 14.8. The van der Waals surface area contributed by atoms with E-state index in [9.17, 15) is 4.79 Å². The van der Waals surface area contributed by atoms with Crippen molar-refractivity contribution in [3.63, 3.8) is 0 Å². The zero-order valence-electron chi connectivity index (χ0n) is 14.8. The number of hydrogen-bond acceptors (Lipinski definition) is 2. The van der Waals surface area contributed by atoms with Crippen LogP contribution in [0.3, 0.4) is 0 Å². The smallest absolute Gasteiger partial charge is 0.252 e. The number of aryl methyl sites for hydroxylation is 1. The third kappa shape index (κ3) is 4.58. The van der Waals surface area contributed by atoms with E-state index in [1.807, 2.05) is 72.8 Å². The first kappa shape index (κ1) is 17.9. The maximum absolute atomic E-state index is 12.9. The standard InChI is InChI=1S/C23H24N2O/c24-17-20(16-15-18-9-3-1-4-10-18)25-23(26)22-14-8-7-13-21(22)19-11-5-2-6-12-19/h1-14,20H,15-17,24H2,(H,25,26)/t20-/m0/s1. The maximum Gasteiger partial charge on any atom is 0.252 e. The minimum Gasteiger partial charge on any atom is -0.348 e. The summed E-state index contributed by atoms with van der Waals surface area (Å²) in [7, 11) is 0. The van der Waals surface area contributed by atoms with Gasteiger partial charge in [0.1, 0.15) is 0 Å². The van der Waals surface area contributed by atoms with Crippen LogP contribution in [0.4, 0.5) is 0 Å². The van der Waals surface area contributed by atoms with Gasteiger partial charge in [-0.1, -0.05) is 78.9 Å². The lowest BCUT2D eigenvalue weighted by molar-refractivity contribution is 0.0937. The highest BCUT2D eigenvalue weighted by Gasteiger charge is 2.16. The molecule has 0 unspecified atom stereocenters. The molecule has 0 fully saturated rings. The molecule has 0 saturated heterocycles. The monoisotopic (exact) mass is 344 g/mol. The molecular weight excluding hydrogens is 320 g/mol. The van der Waals surface area contributed by atoms with Gasteiger partial charge >= 0.3 is 0 Å². The van der Waals surface area contributed by atoms with Crippen LogP contribution in [-0.4, -0.2) is 18.5 Å². The highest BCUT2D eigenvalue weighted by molar-refractivity contribution is 6.01. The van der Waals surface area contributed by atoms with Gasteiger partial charge in [-0.25, -0.2) is 0 Å². The van der Waals surface area contributed by atoms with E-state index in [0.29, 0.717) is 12.1 Å². The zero-order chi connectivity index (χ0) is 18.2. The second-order valence-electron chi connectivity index (χ2n) is 6.34. The van der Waals surface area contributed by atoms with E-state index in [-0.39, 0.29) is 11.9 Å². The summed E-state index contributed by atoms with van der Waals surface area (Å²) < 4.78 is 0. The summed E-state index contributed by atoms with van der Waals surface area (Å²) in [6.45, 7) is 0.423. The van der Waals surface area contributed by atoms with Crippen molar-refractivity contribution in [1.82, 2.24) is 5.32 Å². The van der Waals surface area contributed by atoms with Gasteiger partial charge in [-0.15, -0.1) is 0 Å². The second kappa shape index (κ2) is 8.97. The Bertz CT molecular complexity index is 831. The maximum atomic E-state index is 12.9. The van der Waals surface area contributed by atoms with Crippen LogP contribution >= 0.6 is 0 Å². The van der Waals surface area contributed by atoms with E-state index in [2.05, 4.69) is 17.4 Å². The quantitative estimate of drug-likeness (QED) is 0.679. The molecule has 3 nitrogen and oxygen atoms in total. The van der Waals surface area contributed by atoms with Crippen molar-refractivity contribution in [3.05, 3.63) is 96.1 Å². The number of nitrogens with two attached hydrogens (primary N) is 1.